The number of rotatable bonds is 8. The molecule has 2 amide bonds. The van der Waals surface area contributed by atoms with Crippen molar-refractivity contribution >= 4 is 41.2 Å². The van der Waals surface area contributed by atoms with Crippen LogP contribution in [0, 0.1) is 0 Å². The Bertz CT molecular complexity index is 1160. The number of nitrogens with one attached hydrogen (secondary N) is 2. The highest BCUT2D eigenvalue weighted by atomic mass is 35.5. The number of benzene rings is 2. The SMILES string of the molecule is COc1ccc(C(=O)NCC(=O)N/N=C\c2ccc(-c3ccc(Cl)c(Cl)c3)o2)cc1OC. The average Bonchev–Trinajstić information content (AvgIpc) is 3.27. The minimum atomic E-state index is -0.508. The Labute approximate surface area is 194 Å². The predicted octanol–water partition coefficient (Wildman–Crippen LogP) is 4.15. The molecule has 1 heterocycles. The molecule has 0 radical (unpaired) electrons. The van der Waals surface area contributed by atoms with Gasteiger partial charge < -0.3 is 19.2 Å². The van der Waals surface area contributed by atoms with Crippen LogP contribution in [0.3, 0.4) is 0 Å². The lowest BCUT2D eigenvalue weighted by Crippen LogP contribution is -2.34. The number of halogens is 2. The van der Waals surface area contributed by atoms with Gasteiger partial charge in [-0.05, 0) is 48.5 Å². The van der Waals surface area contributed by atoms with E-state index in [1.54, 1.807) is 42.5 Å². The summed E-state index contributed by atoms with van der Waals surface area (Å²) >= 11 is 11.9. The van der Waals surface area contributed by atoms with Gasteiger partial charge in [0.2, 0.25) is 0 Å². The van der Waals surface area contributed by atoms with Crippen LogP contribution in [0.2, 0.25) is 10.0 Å². The lowest BCUT2D eigenvalue weighted by molar-refractivity contribution is -0.120. The second-order valence-electron chi connectivity index (χ2n) is 6.38. The van der Waals surface area contributed by atoms with Gasteiger partial charge in [0.05, 0.1) is 37.0 Å². The average molecular weight is 476 g/mol. The Balaban J connectivity index is 1.51. The van der Waals surface area contributed by atoms with Crippen molar-refractivity contribution in [2.75, 3.05) is 20.8 Å². The molecule has 0 saturated heterocycles. The number of furan rings is 1. The number of hydrogen-bond acceptors (Lipinski definition) is 6. The van der Waals surface area contributed by atoms with Gasteiger partial charge in [0, 0.05) is 11.1 Å². The summed E-state index contributed by atoms with van der Waals surface area (Å²) in [6.07, 6.45) is 1.34. The van der Waals surface area contributed by atoms with Crippen LogP contribution >= 0.6 is 23.2 Å². The van der Waals surface area contributed by atoms with Gasteiger partial charge in [-0.2, -0.15) is 5.10 Å². The molecule has 2 aromatic carbocycles. The van der Waals surface area contributed by atoms with Gasteiger partial charge in [0.1, 0.15) is 11.5 Å². The molecule has 3 rings (SSSR count). The monoisotopic (exact) mass is 475 g/mol. The molecule has 166 valence electrons. The third-order valence-electron chi connectivity index (χ3n) is 4.27. The zero-order valence-electron chi connectivity index (χ0n) is 17.1. The molecule has 10 heteroatoms. The van der Waals surface area contributed by atoms with Crippen LogP contribution in [0.15, 0.2) is 58.0 Å². The number of ether oxygens (including phenoxy) is 2. The van der Waals surface area contributed by atoms with Crippen molar-refractivity contribution in [2.24, 2.45) is 5.10 Å². The Morgan fingerprint density at radius 1 is 1.00 bits per heavy atom. The van der Waals surface area contributed by atoms with E-state index < -0.39 is 11.8 Å². The Morgan fingerprint density at radius 3 is 2.50 bits per heavy atom. The van der Waals surface area contributed by atoms with E-state index in [-0.39, 0.29) is 6.54 Å². The molecule has 8 nitrogen and oxygen atoms in total. The quantitative estimate of drug-likeness (QED) is 0.376. The molecule has 2 N–H and O–H groups in total. The third kappa shape index (κ3) is 5.81. The lowest BCUT2D eigenvalue weighted by atomic mass is 10.2. The van der Waals surface area contributed by atoms with Crippen LogP contribution in [0.4, 0.5) is 0 Å². The summed E-state index contributed by atoms with van der Waals surface area (Å²) in [6.45, 7) is -0.267. The molecule has 0 aliphatic carbocycles. The number of amides is 2. The predicted molar refractivity (Wildman–Crippen MR) is 122 cm³/mol. The minimum absolute atomic E-state index is 0.267. The van der Waals surface area contributed by atoms with E-state index in [1.807, 2.05) is 0 Å². The maximum Gasteiger partial charge on any atom is 0.259 e. The van der Waals surface area contributed by atoms with Crippen LogP contribution < -0.4 is 20.2 Å². The topological polar surface area (TPSA) is 102 Å². The zero-order valence-corrected chi connectivity index (χ0v) is 18.7. The Kier molecular flexibility index (Phi) is 7.75. The summed E-state index contributed by atoms with van der Waals surface area (Å²) in [5, 5.41) is 7.20. The van der Waals surface area contributed by atoms with Crippen LogP contribution in [0.1, 0.15) is 16.1 Å². The van der Waals surface area contributed by atoms with Gasteiger partial charge in [0.25, 0.3) is 11.8 Å². The van der Waals surface area contributed by atoms with Gasteiger partial charge >= 0.3 is 0 Å². The summed E-state index contributed by atoms with van der Waals surface area (Å²) in [5.41, 5.74) is 3.39. The molecule has 3 aromatic rings. The lowest BCUT2D eigenvalue weighted by Gasteiger charge is -2.09. The number of carbonyl (C=O) groups excluding carboxylic acids is 2. The second kappa shape index (κ2) is 10.7. The first-order valence-electron chi connectivity index (χ1n) is 9.28. The van der Waals surface area contributed by atoms with Gasteiger partial charge in [-0.1, -0.05) is 23.2 Å². The van der Waals surface area contributed by atoms with Crippen LogP contribution in [-0.4, -0.2) is 38.8 Å². The summed E-state index contributed by atoms with van der Waals surface area (Å²) in [5.74, 6) is 0.942. The first kappa shape index (κ1) is 23.2. The number of hydrogen-bond donors (Lipinski definition) is 2. The molecule has 0 aliphatic rings. The van der Waals surface area contributed by atoms with E-state index in [1.165, 1.54) is 26.5 Å². The van der Waals surface area contributed by atoms with Gasteiger partial charge in [-0.15, -0.1) is 0 Å². The van der Waals surface area contributed by atoms with Crippen LogP contribution in [0.5, 0.6) is 11.5 Å². The smallest absolute Gasteiger partial charge is 0.259 e. The number of carbonyl (C=O) groups is 2. The summed E-state index contributed by atoms with van der Waals surface area (Å²) < 4.78 is 15.9. The highest BCUT2D eigenvalue weighted by Gasteiger charge is 2.12. The maximum atomic E-state index is 12.2. The molecule has 0 spiro atoms. The first-order valence-corrected chi connectivity index (χ1v) is 10.0. The molecule has 0 atom stereocenters. The fourth-order valence-corrected chi connectivity index (χ4v) is 2.97. The van der Waals surface area contributed by atoms with E-state index >= 15 is 0 Å². The fraction of sp³-hybridized carbons (Fsp3) is 0.136. The summed E-state index contributed by atoms with van der Waals surface area (Å²) in [7, 11) is 2.97. The van der Waals surface area contributed by atoms with Crippen molar-refractivity contribution in [1.29, 1.82) is 0 Å². The zero-order chi connectivity index (χ0) is 23.1. The first-order chi connectivity index (χ1) is 15.4. The normalized spacial score (nSPS) is 10.8. The summed E-state index contributed by atoms with van der Waals surface area (Å²) in [6, 6.07) is 13.3. The summed E-state index contributed by atoms with van der Waals surface area (Å²) in [4.78, 5) is 24.2. The van der Waals surface area contributed by atoms with Crippen molar-refractivity contribution in [3.05, 3.63) is 69.9 Å². The molecule has 1 aromatic heterocycles. The Hall–Kier alpha value is -3.49. The second-order valence-corrected chi connectivity index (χ2v) is 7.19. The molecule has 0 saturated carbocycles. The van der Waals surface area contributed by atoms with E-state index in [0.717, 1.165) is 5.56 Å². The molecular weight excluding hydrogens is 457 g/mol. The highest BCUT2D eigenvalue weighted by molar-refractivity contribution is 6.42. The molecular formula is C22H19Cl2N3O5. The van der Waals surface area contributed by atoms with E-state index in [4.69, 9.17) is 37.1 Å². The van der Waals surface area contributed by atoms with Crippen LogP contribution in [-0.2, 0) is 4.79 Å². The number of methoxy groups -OCH3 is 2. The van der Waals surface area contributed by atoms with Crippen LogP contribution in [0.25, 0.3) is 11.3 Å². The molecule has 32 heavy (non-hydrogen) atoms. The van der Waals surface area contributed by atoms with E-state index in [9.17, 15) is 9.59 Å². The van der Waals surface area contributed by atoms with Crippen molar-refractivity contribution in [2.45, 2.75) is 0 Å². The third-order valence-corrected chi connectivity index (χ3v) is 5.01. The largest absolute Gasteiger partial charge is 0.493 e. The number of nitrogens with zero attached hydrogens (tertiary/aromatic N) is 1. The van der Waals surface area contributed by atoms with E-state index in [2.05, 4.69) is 15.8 Å². The Morgan fingerprint density at radius 2 is 1.78 bits per heavy atom. The molecule has 0 bridgehead atoms. The van der Waals surface area contributed by atoms with Crippen molar-refractivity contribution < 1.29 is 23.5 Å². The van der Waals surface area contributed by atoms with Gasteiger partial charge in [0.15, 0.2) is 11.5 Å². The maximum absolute atomic E-state index is 12.2. The molecule has 0 aliphatic heterocycles. The molecule has 0 unspecified atom stereocenters. The minimum Gasteiger partial charge on any atom is -0.493 e. The van der Waals surface area contributed by atoms with Crippen molar-refractivity contribution in [1.82, 2.24) is 10.7 Å². The number of hydrazone groups is 1. The molecule has 0 fully saturated rings. The highest BCUT2D eigenvalue weighted by Crippen LogP contribution is 2.29. The van der Waals surface area contributed by atoms with Gasteiger partial charge in [-0.3, -0.25) is 9.59 Å². The standard InChI is InChI=1S/C22H19Cl2N3O5/c1-30-19-7-4-14(10-20(19)31-2)22(29)25-12-21(28)27-26-11-15-5-8-18(32-15)13-3-6-16(23)17(24)9-13/h3-11H,12H2,1-2H3,(H,25,29)(H,27,28)/b26-11-. The van der Waals surface area contributed by atoms with E-state index in [0.29, 0.717) is 38.6 Å². The van der Waals surface area contributed by atoms with Gasteiger partial charge in [-0.25, -0.2) is 5.43 Å². The van der Waals surface area contributed by atoms with Crippen molar-refractivity contribution in [3.63, 3.8) is 0 Å². The fourth-order valence-electron chi connectivity index (χ4n) is 2.67. The van der Waals surface area contributed by atoms with Crippen molar-refractivity contribution in [3.8, 4) is 22.8 Å².